The number of nitrogens with one attached hydrogen (secondary N) is 1. The van der Waals surface area contributed by atoms with Crippen molar-refractivity contribution in [2.24, 2.45) is 5.92 Å². The van der Waals surface area contributed by atoms with E-state index < -0.39 is 63.9 Å². The zero-order valence-corrected chi connectivity index (χ0v) is 21.8. The molecule has 2 N–H and O–H groups in total. The van der Waals surface area contributed by atoms with Crippen LogP contribution >= 0.6 is 0 Å². The number of hydrogen-bond donors (Lipinski definition) is 2. The molecule has 1 aromatic heterocycles. The number of carbonyl (C=O) groups excluding carboxylic acids is 1. The number of benzene rings is 1. The Hall–Kier alpha value is -3.63. The smallest absolute Gasteiger partial charge is 0.427 e. The van der Waals surface area contributed by atoms with Crippen LogP contribution in [0.1, 0.15) is 39.4 Å². The number of amides is 1. The van der Waals surface area contributed by atoms with Crippen molar-refractivity contribution >= 4 is 33.5 Å². The second kappa shape index (κ2) is 10.5. The summed E-state index contributed by atoms with van der Waals surface area (Å²) in [5.74, 6) is -2.16. The number of aryl methyl sites for hydroxylation is 1. The summed E-state index contributed by atoms with van der Waals surface area (Å²) in [6.45, 7) is 0.299. The molecule has 1 amide bonds. The molecule has 17 heteroatoms. The Morgan fingerprint density at radius 2 is 1.92 bits per heavy atom. The zero-order chi connectivity index (χ0) is 29.5. The van der Waals surface area contributed by atoms with Crippen LogP contribution in [0.4, 0.5) is 38.1 Å². The third kappa shape index (κ3) is 6.34. The molecule has 1 aliphatic rings. The van der Waals surface area contributed by atoms with Gasteiger partial charge in [0.1, 0.15) is 16.7 Å². The number of carbonyl (C=O) groups is 2. The Bertz CT molecular complexity index is 1360. The third-order valence-corrected chi connectivity index (χ3v) is 7.73. The molecule has 1 aliphatic heterocycles. The number of aromatic nitrogens is 2. The van der Waals surface area contributed by atoms with Gasteiger partial charge in [-0.05, 0) is 45.4 Å². The molecule has 216 valence electrons. The first-order valence-corrected chi connectivity index (χ1v) is 12.7. The largest absolute Gasteiger partial charge is 0.486 e. The molecule has 1 aromatic carbocycles. The van der Waals surface area contributed by atoms with Crippen molar-refractivity contribution in [2.75, 3.05) is 16.2 Å². The van der Waals surface area contributed by atoms with Crippen LogP contribution in [0.2, 0.25) is 0 Å². The summed E-state index contributed by atoms with van der Waals surface area (Å²) in [6.07, 6.45) is -6.81. The Morgan fingerprint density at radius 3 is 2.46 bits per heavy atom. The van der Waals surface area contributed by atoms with Crippen molar-refractivity contribution < 1.29 is 54.5 Å². The van der Waals surface area contributed by atoms with Gasteiger partial charge in [-0.1, -0.05) is 6.92 Å². The van der Waals surface area contributed by atoms with Crippen LogP contribution in [0.25, 0.3) is 0 Å². The summed E-state index contributed by atoms with van der Waals surface area (Å²) in [5, 5.41) is 14.9. The van der Waals surface area contributed by atoms with Crippen molar-refractivity contribution in [3.05, 3.63) is 30.1 Å². The van der Waals surface area contributed by atoms with E-state index in [1.807, 2.05) is 0 Å². The summed E-state index contributed by atoms with van der Waals surface area (Å²) in [7, 11) is -4.60. The summed E-state index contributed by atoms with van der Waals surface area (Å²) in [6, 6.07) is 3.50. The van der Waals surface area contributed by atoms with Crippen LogP contribution in [-0.4, -0.2) is 59.8 Å². The van der Waals surface area contributed by atoms with Crippen LogP contribution in [0, 0.1) is 12.8 Å². The van der Waals surface area contributed by atoms with E-state index in [0.717, 1.165) is 10.4 Å². The van der Waals surface area contributed by atoms with Gasteiger partial charge in [0, 0.05) is 5.69 Å². The van der Waals surface area contributed by atoms with Gasteiger partial charge in [-0.15, -0.1) is 0 Å². The van der Waals surface area contributed by atoms with E-state index in [0.29, 0.717) is 20.0 Å². The average molecular weight is 585 g/mol. The molecule has 2 aromatic rings. The van der Waals surface area contributed by atoms with E-state index in [2.05, 4.69) is 15.2 Å². The minimum absolute atomic E-state index is 0.0687. The highest BCUT2D eigenvalue weighted by molar-refractivity contribution is 7.92. The van der Waals surface area contributed by atoms with Crippen LogP contribution in [-0.2, 0) is 19.6 Å². The molecule has 2 heterocycles. The lowest BCUT2D eigenvalue weighted by Gasteiger charge is -2.36. The number of nitrogens with zero attached hydrogens (tertiary/aromatic N) is 3. The van der Waals surface area contributed by atoms with Crippen LogP contribution in [0.3, 0.4) is 0 Å². The van der Waals surface area contributed by atoms with E-state index in [9.17, 15) is 45.1 Å². The van der Waals surface area contributed by atoms with Gasteiger partial charge in [0.2, 0.25) is 5.60 Å². The van der Waals surface area contributed by atoms with E-state index in [-0.39, 0.29) is 33.9 Å². The molecule has 11 nitrogen and oxygen atoms in total. The SMILES string of the molecule is Cc1nn(C(F)F)cc1S(=O)(=O)N1C[C@H](C[C@@H](C)C(=O)O)Oc2ccc(NC(=O)OC(C)(C)C(F)(F)F)cc21. The molecule has 2 atom stereocenters. The molecule has 39 heavy (non-hydrogen) atoms. The van der Waals surface area contributed by atoms with Gasteiger partial charge in [-0.25, -0.2) is 17.9 Å². The van der Waals surface area contributed by atoms with Crippen molar-refractivity contribution in [2.45, 2.75) is 63.4 Å². The lowest BCUT2D eigenvalue weighted by Crippen LogP contribution is -2.45. The van der Waals surface area contributed by atoms with Gasteiger partial charge in [0.05, 0.1) is 30.0 Å². The Morgan fingerprint density at radius 1 is 1.28 bits per heavy atom. The molecule has 0 radical (unpaired) electrons. The topological polar surface area (TPSA) is 140 Å². The minimum atomic E-state index is -4.87. The molecule has 0 bridgehead atoms. The molecule has 0 spiro atoms. The van der Waals surface area contributed by atoms with Gasteiger partial charge < -0.3 is 14.6 Å². The Balaban J connectivity index is 2.01. The quantitative estimate of drug-likeness (QED) is 0.431. The van der Waals surface area contributed by atoms with E-state index in [1.54, 1.807) is 0 Å². The number of carboxylic acids is 1. The van der Waals surface area contributed by atoms with Gasteiger partial charge in [0.25, 0.3) is 10.0 Å². The number of hydrogen-bond acceptors (Lipinski definition) is 7. The summed E-state index contributed by atoms with van der Waals surface area (Å²) in [4.78, 5) is 22.9. The lowest BCUT2D eigenvalue weighted by atomic mass is 10.0. The Labute approximate surface area is 219 Å². The second-order valence-electron chi connectivity index (χ2n) is 9.29. The number of fused-ring (bicyclic) bond motifs is 1. The van der Waals surface area contributed by atoms with E-state index in [4.69, 9.17) is 4.74 Å². The minimum Gasteiger partial charge on any atom is -0.486 e. The van der Waals surface area contributed by atoms with Crippen molar-refractivity contribution in [1.29, 1.82) is 0 Å². The second-order valence-corrected chi connectivity index (χ2v) is 11.1. The molecule has 0 fully saturated rings. The summed E-state index contributed by atoms with van der Waals surface area (Å²) < 4.78 is 104. The molecular formula is C22H25F5N4O7S. The number of ether oxygens (including phenoxy) is 2. The number of carboxylic acid groups (broad SMARTS) is 1. The third-order valence-electron chi connectivity index (χ3n) is 5.85. The van der Waals surface area contributed by atoms with Crippen LogP contribution in [0.15, 0.2) is 29.3 Å². The Kier molecular flexibility index (Phi) is 8.06. The normalized spacial score (nSPS) is 16.9. The number of sulfonamides is 1. The standard InChI is InChI=1S/C22H25F5N4O7S/c1-11(18(32)33)7-14-9-31(39(35,36)17-10-30(19(23)24)29-12(17)2)15-8-13(5-6-16(15)37-14)28-20(34)38-21(3,4)22(25,26)27/h5-6,8,10-11,14,19H,7,9H2,1-4H3,(H,28,34)(H,32,33)/t11-,14+/m1/s1. The van der Waals surface area contributed by atoms with Crippen LogP contribution in [0.5, 0.6) is 5.75 Å². The highest BCUT2D eigenvalue weighted by atomic mass is 32.2. The average Bonchev–Trinajstić information content (AvgIpc) is 3.20. The molecule has 0 aliphatic carbocycles. The molecule has 0 saturated carbocycles. The predicted octanol–water partition coefficient (Wildman–Crippen LogP) is 4.54. The number of halogens is 5. The highest BCUT2D eigenvalue weighted by Crippen LogP contribution is 2.41. The predicted molar refractivity (Wildman–Crippen MR) is 125 cm³/mol. The molecular weight excluding hydrogens is 559 g/mol. The van der Waals surface area contributed by atoms with Gasteiger partial charge in [0.15, 0.2) is 0 Å². The monoisotopic (exact) mass is 584 g/mol. The number of alkyl halides is 5. The molecule has 0 unspecified atom stereocenters. The van der Waals surface area contributed by atoms with E-state index in [1.165, 1.54) is 26.0 Å². The van der Waals surface area contributed by atoms with Crippen molar-refractivity contribution in [3.8, 4) is 5.75 Å². The fraction of sp³-hybridized carbons (Fsp3) is 0.500. The maximum absolute atomic E-state index is 13.6. The van der Waals surface area contributed by atoms with E-state index >= 15 is 0 Å². The first-order valence-electron chi connectivity index (χ1n) is 11.3. The summed E-state index contributed by atoms with van der Waals surface area (Å²) in [5.41, 5.74) is -3.43. The van der Waals surface area contributed by atoms with Crippen molar-refractivity contribution in [3.63, 3.8) is 0 Å². The highest BCUT2D eigenvalue weighted by Gasteiger charge is 2.51. The maximum atomic E-state index is 13.6. The fourth-order valence-electron chi connectivity index (χ4n) is 3.61. The lowest BCUT2D eigenvalue weighted by molar-refractivity contribution is -0.242. The zero-order valence-electron chi connectivity index (χ0n) is 21.0. The number of rotatable bonds is 8. The van der Waals surface area contributed by atoms with Gasteiger partial charge >= 0.3 is 24.8 Å². The fourth-order valence-corrected chi connectivity index (χ4v) is 5.26. The number of aliphatic carboxylic acids is 1. The molecule has 0 saturated heterocycles. The summed E-state index contributed by atoms with van der Waals surface area (Å²) >= 11 is 0. The molecule has 3 rings (SSSR count). The van der Waals surface area contributed by atoms with Crippen LogP contribution < -0.4 is 14.4 Å². The number of anilines is 2. The first kappa shape index (κ1) is 29.9. The van der Waals surface area contributed by atoms with Gasteiger partial charge in [-0.2, -0.15) is 27.1 Å². The first-order chi connectivity index (χ1) is 17.8. The van der Waals surface area contributed by atoms with Gasteiger partial charge in [-0.3, -0.25) is 14.4 Å². The maximum Gasteiger partial charge on any atom is 0.427 e. The van der Waals surface area contributed by atoms with Crippen molar-refractivity contribution in [1.82, 2.24) is 9.78 Å².